The number of aromatic nitrogens is 2. The Bertz CT molecular complexity index is 866. The third-order valence-electron chi connectivity index (χ3n) is 3.65. The van der Waals surface area contributed by atoms with Gasteiger partial charge < -0.3 is 4.57 Å². The number of benzene rings is 2. The maximum absolute atomic E-state index is 9.46. The van der Waals surface area contributed by atoms with E-state index in [1.54, 1.807) is 6.21 Å². The highest BCUT2D eigenvalue weighted by Gasteiger charge is 2.16. The third kappa shape index (κ3) is 2.61. The second kappa shape index (κ2) is 5.82. The van der Waals surface area contributed by atoms with Gasteiger partial charge in [-0.1, -0.05) is 29.8 Å². The van der Waals surface area contributed by atoms with Crippen LogP contribution in [0.3, 0.4) is 0 Å². The molecular formula is C18H16N4. The van der Waals surface area contributed by atoms with Crippen LogP contribution in [0, 0.1) is 18.3 Å². The van der Waals surface area contributed by atoms with Gasteiger partial charge >= 0.3 is 0 Å². The van der Waals surface area contributed by atoms with Crippen LogP contribution in [0.1, 0.15) is 17.3 Å². The number of para-hydroxylation sites is 2. The molecule has 3 aromatic rings. The SMILES string of the molecule is Cc1ccc(N=CC(C#N)c2nc3ccccc3n2C)cc1. The zero-order valence-electron chi connectivity index (χ0n) is 12.6. The number of hydrogen-bond donors (Lipinski definition) is 0. The Kier molecular flexibility index (Phi) is 3.71. The molecule has 1 aromatic heterocycles. The molecule has 1 atom stereocenters. The lowest BCUT2D eigenvalue weighted by molar-refractivity contribution is 0.837. The van der Waals surface area contributed by atoms with Gasteiger partial charge in [-0.2, -0.15) is 5.26 Å². The molecule has 0 N–H and O–H groups in total. The topological polar surface area (TPSA) is 54.0 Å². The largest absolute Gasteiger partial charge is 0.330 e. The predicted octanol–water partition coefficient (Wildman–Crippen LogP) is 3.89. The van der Waals surface area contributed by atoms with Gasteiger partial charge in [0.2, 0.25) is 0 Å². The van der Waals surface area contributed by atoms with Crippen LogP contribution >= 0.6 is 0 Å². The van der Waals surface area contributed by atoms with Crippen LogP contribution in [0.25, 0.3) is 11.0 Å². The van der Waals surface area contributed by atoms with E-state index < -0.39 is 5.92 Å². The normalized spacial score (nSPS) is 12.6. The molecule has 0 aliphatic heterocycles. The number of aliphatic imine (C=N–C) groups is 1. The number of hydrogen-bond acceptors (Lipinski definition) is 3. The molecule has 0 fully saturated rings. The minimum Gasteiger partial charge on any atom is -0.330 e. The molecule has 108 valence electrons. The Labute approximate surface area is 129 Å². The summed E-state index contributed by atoms with van der Waals surface area (Å²) in [6.45, 7) is 2.03. The van der Waals surface area contributed by atoms with Crippen molar-refractivity contribution in [2.75, 3.05) is 0 Å². The molecule has 0 saturated heterocycles. The fourth-order valence-corrected chi connectivity index (χ4v) is 2.39. The Morgan fingerprint density at radius 1 is 1.18 bits per heavy atom. The monoisotopic (exact) mass is 288 g/mol. The maximum atomic E-state index is 9.46. The summed E-state index contributed by atoms with van der Waals surface area (Å²) in [5.41, 5.74) is 3.93. The van der Waals surface area contributed by atoms with Crippen LogP contribution in [0.4, 0.5) is 5.69 Å². The molecule has 0 saturated carbocycles. The van der Waals surface area contributed by atoms with E-state index in [0.29, 0.717) is 5.82 Å². The second-order valence-corrected chi connectivity index (χ2v) is 5.24. The van der Waals surface area contributed by atoms with Crippen LogP contribution in [-0.2, 0) is 7.05 Å². The van der Waals surface area contributed by atoms with Crippen LogP contribution < -0.4 is 0 Å². The van der Waals surface area contributed by atoms with E-state index >= 15 is 0 Å². The van der Waals surface area contributed by atoms with E-state index in [1.165, 1.54) is 5.56 Å². The average Bonchev–Trinajstić information content (AvgIpc) is 2.87. The lowest BCUT2D eigenvalue weighted by Gasteiger charge is -2.04. The molecule has 3 rings (SSSR count). The summed E-state index contributed by atoms with van der Waals surface area (Å²) in [4.78, 5) is 8.96. The van der Waals surface area contributed by atoms with Crippen molar-refractivity contribution in [1.82, 2.24) is 9.55 Å². The van der Waals surface area contributed by atoms with Gasteiger partial charge in [0.15, 0.2) is 0 Å². The van der Waals surface area contributed by atoms with Crippen molar-refractivity contribution in [2.24, 2.45) is 12.0 Å². The van der Waals surface area contributed by atoms with Gasteiger partial charge in [-0.15, -0.1) is 0 Å². The second-order valence-electron chi connectivity index (χ2n) is 5.24. The highest BCUT2D eigenvalue weighted by atomic mass is 15.1. The summed E-state index contributed by atoms with van der Waals surface area (Å²) in [5.74, 6) is 0.235. The van der Waals surface area contributed by atoms with E-state index in [0.717, 1.165) is 16.7 Å². The molecule has 1 heterocycles. The number of aryl methyl sites for hydroxylation is 2. The van der Waals surface area contributed by atoms with E-state index in [1.807, 2.05) is 67.1 Å². The Morgan fingerprint density at radius 3 is 2.59 bits per heavy atom. The van der Waals surface area contributed by atoms with Crippen molar-refractivity contribution in [3.05, 3.63) is 59.9 Å². The van der Waals surface area contributed by atoms with Crippen molar-refractivity contribution in [1.29, 1.82) is 5.26 Å². The summed E-state index contributed by atoms with van der Waals surface area (Å²) in [7, 11) is 1.93. The van der Waals surface area contributed by atoms with Gasteiger partial charge in [-0.3, -0.25) is 4.99 Å². The summed E-state index contributed by atoms with van der Waals surface area (Å²) in [6.07, 6.45) is 1.66. The highest BCUT2D eigenvalue weighted by molar-refractivity contribution is 5.79. The van der Waals surface area contributed by atoms with Gasteiger partial charge in [0.1, 0.15) is 11.7 Å². The maximum Gasteiger partial charge on any atom is 0.139 e. The fraction of sp³-hybridized carbons (Fsp3) is 0.167. The average molecular weight is 288 g/mol. The van der Waals surface area contributed by atoms with Gasteiger partial charge in [-0.05, 0) is 31.2 Å². The van der Waals surface area contributed by atoms with Crippen LogP contribution in [0.2, 0.25) is 0 Å². The highest BCUT2D eigenvalue weighted by Crippen LogP contribution is 2.21. The van der Waals surface area contributed by atoms with Crippen molar-refractivity contribution in [3.63, 3.8) is 0 Å². The number of imidazole rings is 1. The molecule has 0 amide bonds. The molecule has 2 aromatic carbocycles. The Balaban J connectivity index is 1.95. The minimum absolute atomic E-state index is 0.473. The molecule has 0 radical (unpaired) electrons. The minimum atomic E-state index is -0.473. The van der Waals surface area contributed by atoms with E-state index in [2.05, 4.69) is 16.0 Å². The van der Waals surface area contributed by atoms with E-state index in [9.17, 15) is 5.26 Å². The summed E-state index contributed by atoms with van der Waals surface area (Å²) in [6, 6.07) is 18.0. The fourth-order valence-electron chi connectivity index (χ4n) is 2.39. The number of nitrogens with zero attached hydrogens (tertiary/aromatic N) is 4. The van der Waals surface area contributed by atoms with Gasteiger partial charge in [0.25, 0.3) is 0 Å². The summed E-state index contributed by atoms with van der Waals surface area (Å²) >= 11 is 0. The molecule has 4 heteroatoms. The number of fused-ring (bicyclic) bond motifs is 1. The van der Waals surface area contributed by atoms with Gasteiger partial charge in [0.05, 0.1) is 22.8 Å². The lowest BCUT2D eigenvalue weighted by atomic mass is 10.2. The first-order chi connectivity index (χ1) is 10.7. The number of rotatable bonds is 3. The van der Waals surface area contributed by atoms with Crippen LogP contribution in [0.15, 0.2) is 53.5 Å². The van der Waals surface area contributed by atoms with E-state index in [-0.39, 0.29) is 0 Å². The zero-order chi connectivity index (χ0) is 15.5. The predicted molar refractivity (Wildman–Crippen MR) is 88.4 cm³/mol. The lowest BCUT2D eigenvalue weighted by Crippen LogP contribution is -2.05. The van der Waals surface area contributed by atoms with Crippen LogP contribution in [0.5, 0.6) is 0 Å². The smallest absolute Gasteiger partial charge is 0.139 e. The molecule has 0 spiro atoms. The van der Waals surface area contributed by atoms with E-state index in [4.69, 9.17) is 0 Å². The molecule has 22 heavy (non-hydrogen) atoms. The Hall–Kier alpha value is -2.93. The first-order valence-electron chi connectivity index (χ1n) is 7.11. The molecule has 0 bridgehead atoms. The van der Waals surface area contributed by atoms with Crippen molar-refractivity contribution >= 4 is 22.9 Å². The quantitative estimate of drug-likeness (QED) is 0.686. The molecule has 0 aliphatic carbocycles. The van der Waals surface area contributed by atoms with Gasteiger partial charge in [-0.25, -0.2) is 4.98 Å². The standard InChI is InChI=1S/C18H16N4/c1-13-7-9-15(10-8-13)20-12-14(11-19)18-21-16-5-3-4-6-17(16)22(18)2/h3-10,12,14H,1-2H3. The van der Waals surface area contributed by atoms with Crippen molar-refractivity contribution in [3.8, 4) is 6.07 Å². The molecule has 4 nitrogen and oxygen atoms in total. The van der Waals surface area contributed by atoms with Crippen molar-refractivity contribution in [2.45, 2.75) is 12.8 Å². The number of nitriles is 1. The van der Waals surface area contributed by atoms with Gasteiger partial charge in [0, 0.05) is 13.3 Å². The molecular weight excluding hydrogens is 272 g/mol. The first-order valence-corrected chi connectivity index (χ1v) is 7.11. The summed E-state index contributed by atoms with van der Waals surface area (Å²) < 4.78 is 1.95. The van der Waals surface area contributed by atoms with Crippen molar-refractivity contribution < 1.29 is 0 Å². The zero-order valence-corrected chi connectivity index (χ0v) is 12.6. The molecule has 1 unspecified atom stereocenters. The van der Waals surface area contributed by atoms with Crippen LogP contribution in [-0.4, -0.2) is 15.8 Å². The summed E-state index contributed by atoms with van der Waals surface area (Å²) in [5, 5.41) is 9.46. The third-order valence-corrected chi connectivity index (χ3v) is 3.65. The molecule has 0 aliphatic rings. The Morgan fingerprint density at radius 2 is 1.91 bits per heavy atom. The first kappa shape index (κ1) is 14.0.